The fraction of sp³-hybridized carbons (Fsp3) is 0.933. The highest BCUT2D eigenvalue weighted by Crippen LogP contribution is 2.40. The predicted molar refractivity (Wildman–Crippen MR) is 74.7 cm³/mol. The number of aliphatic carboxylic acids is 1. The zero-order valence-electron chi connectivity index (χ0n) is 12.4. The highest BCUT2D eigenvalue weighted by molar-refractivity contribution is 5.75. The molecule has 1 rings (SSSR count). The summed E-state index contributed by atoms with van der Waals surface area (Å²) in [7, 11) is 0. The van der Waals surface area contributed by atoms with Gasteiger partial charge in [-0.2, -0.15) is 0 Å². The van der Waals surface area contributed by atoms with Crippen LogP contribution >= 0.6 is 0 Å². The van der Waals surface area contributed by atoms with Gasteiger partial charge in [-0.05, 0) is 31.2 Å². The lowest BCUT2D eigenvalue weighted by atomic mass is 9.69. The third-order valence-electron chi connectivity index (χ3n) is 4.14. The first kappa shape index (κ1) is 15.5. The molecule has 3 heteroatoms. The van der Waals surface area contributed by atoms with Crippen molar-refractivity contribution in [1.29, 1.82) is 0 Å². The fourth-order valence-electron chi connectivity index (χ4n) is 3.32. The molecule has 0 aromatic rings. The lowest BCUT2D eigenvalue weighted by Crippen LogP contribution is -2.46. The number of nitrogens with zero attached hydrogens (tertiary/aromatic N) is 1. The normalized spacial score (nSPS) is 28.9. The summed E-state index contributed by atoms with van der Waals surface area (Å²) < 4.78 is 0. The molecule has 0 aromatic heterocycles. The Bertz CT molecular complexity index is 278. The number of carboxylic acids is 1. The first-order valence-electron chi connectivity index (χ1n) is 7.35. The van der Waals surface area contributed by atoms with Crippen LogP contribution in [0.25, 0.3) is 0 Å². The second-order valence-corrected chi connectivity index (χ2v) is 6.51. The van der Waals surface area contributed by atoms with Crippen molar-refractivity contribution in [3.05, 3.63) is 0 Å². The van der Waals surface area contributed by atoms with E-state index in [2.05, 4.69) is 32.6 Å². The van der Waals surface area contributed by atoms with Crippen LogP contribution in [-0.2, 0) is 4.79 Å². The number of hydrogen-bond donors (Lipinski definition) is 1. The van der Waals surface area contributed by atoms with Crippen molar-refractivity contribution in [1.82, 2.24) is 4.90 Å². The van der Waals surface area contributed by atoms with E-state index in [1.165, 1.54) is 6.42 Å². The number of carbonyl (C=O) groups is 1. The van der Waals surface area contributed by atoms with Gasteiger partial charge < -0.3 is 10.0 Å². The minimum atomic E-state index is -0.587. The molecule has 0 radical (unpaired) electrons. The fourth-order valence-corrected chi connectivity index (χ4v) is 3.32. The molecule has 3 nitrogen and oxygen atoms in total. The number of carboxylic acid groups (broad SMARTS) is 1. The van der Waals surface area contributed by atoms with Crippen molar-refractivity contribution in [2.45, 2.75) is 53.4 Å². The molecule has 1 saturated carbocycles. The van der Waals surface area contributed by atoms with Gasteiger partial charge in [0, 0.05) is 13.1 Å². The molecule has 1 N–H and O–H groups in total. The van der Waals surface area contributed by atoms with E-state index >= 15 is 0 Å². The molecule has 1 aliphatic rings. The Morgan fingerprint density at radius 2 is 2.17 bits per heavy atom. The molecule has 1 aliphatic carbocycles. The average Bonchev–Trinajstić information content (AvgIpc) is 2.27. The monoisotopic (exact) mass is 255 g/mol. The van der Waals surface area contributed by atoms with E-state index in [9.17, 15) is 9.90 Å². The molecular weight excluding hydrogens is 226 g/mol. The van der Waals surface area contributed by atoms with Gasteiger partial charge in [-0.25, -0.2) is 0 Å². The van der Waals surface area contributed by atoms with Crippen molar-refractivity contribution in [3.63, 3.8) is 0 Å². The first-order chi connectivity index (χ1) is 8.39. The smallest absolute Gasteiger partial charge is 0.310 e. The minimum Gasteiger partial charge on any atom is -0.481 e. The summed E-state index contributed by atoms with van der Waals surface area (Å²) in [6, 6.07) is 0. The predicted octanol–water partition coefficient (Wildman–Crippen LogP) is 3.25. The maximum atomic E-state index is 11.7. The van der Waals surface area contributed by atoms with Crippen LogP contribution in [0.3, 0.4) is 0 Å². The number of hydrogen-bond acceptors (Lipinski definition) is 2. The van der Waals surface area contributed by atoms with Gasteiger partial charge in [-0.3, -0.25) is 4.79 Å². The standard InChI is InChI=1S/C15H29NO2/c1-5-16(10-12(2)3)11-15(14(17)18)8-6-7-13(4)9-15/h12-13H,5-11H2,1-4H3,(H,17,18). The Labute approximate surface area is 112 Å². The highest BCUT2D eigenvalue weighted by Gasteiger charge is 2.42. The Balaban J connectivity index is 2.75. The Kier molecular flexibility index (Phi) is 5.64. The molecule has 2 unspecified atom stereocenters. The van der Waals surface area contributed by atoms with E-state index in [-0.39, 0.29) is 0 Å². The molecule has 0 heterocycles. The Hall–Kier alpha value is -0.570. The van der Waals surface area contributed by atoms with Crippen molar-refractivity contribution in [2.24, 2.45) is 17.3 Å². The highest BCUT2D eigenvalue weighted by atomic mass is 16.4. The van der Waals surface area contributed by atoms with Gasteiger partial charge in [0.15, 0.2) is 0 Å². The van der Waals surface area contributed by atoms with Gasteiger partial charge in [0.1, 0.15) is 0 Å². The molecule has 0 aliphatic heterocycles. The van der Waals surface area contributed by atoms with Crippen molar-refractivity contribution < 1.29 is 9.90 Å². The second-order valence-electron chi connectivity index (χ2n) is 6.51. The molecule has 0 amide bonds. The van der Waals surface area contributed by atoms with Crippen molar-refractivity contribution >= 4 is 5.97 Å². The summed E-state index contributed by atoms with van der Waals surface area (Å²) in [4.78, 5) is 14.0. The molecule has 0 bridgehead atoms. The summed E-state index contributed by atoms with van der Waals surface area (Å²) in [6.45, 7) is 11.4. The van der Waals surface area contributed by atoms with E-state index in [1.807, 2.05) is 0 Å². The lowest BCUT2D eigenvalue weighted by Gasteiger charge is -2.40. The summed E-state index contributed by atoms with van der Waals surface area (Å²) >= 11 is 0. The van der Waals surface area contributed by atoms with Crippen LogP contribution in [0.15, 0.2) is 0 Å². The van der Waals surface area contributed by atoms with Crippen molar-refractivity contribution in [3.8, 4) is 0 Å². The SMILES string of the molecule is CCN(CC(C)C)CC1(C(=O)O)CCCC(C)C1. The van der Waals surface area contributed by atoms with Gasteiger partial charge in [-0.1, -0.05) is 40.5 Å². The van der Waals surface area contributed by atoms with E-state index in [0.29, 0.717) is 11.8 Å². The van der Waals surface area contributed by atoms with Crippen LogP contribution in [-0.4, -0.2) is 35.6 Å². The van der Waals surface area contributed by atoms with Crippen LogP contribution in [0.5, 0.6) is 0 Å². The van der Waals surface area contributed by atoms with Gasteiger partial charge in [-0.15, -0.1) is 0 Å². The van der Waals surface area contributed by atoms with E-state index in [0.717, 1.165) is 38.9 Å². The molecule has 106 valence electrons. The van der Waals surface area contributed by atoms with E-state index in [4.69, 9.17) is 0 Å². The van der Waals surface area contributed by atoms with Crippen LogP contribution in [0.4, 0.5) is 0 Å². The summed E-state index contributed by atoms with van der Waals surface area (Å²) in [5.74, 6) is 0.556. The van der Waals surface area contributed by atoms with E-state index < -0.39 is 11.4 Å². The maximum absolute atomic E-state index is 11.7. The zero-order valence-corrected chi connectivity index (χ0v) is 12.4. The Morgan fingerprint density at radius 1 is 1.50 bits per heavy atom. The molecule has 18 heavy (non-hydrogen) atoms. The van der Waals surface area contributed by atoms with Gasteiger partial charge in [0.05, 0.1) is 5.41 Å². The maximum Gasteiger partial charge on any atom is 0.310 e. The Morgan fingerprint density at radius 3 is 2.61 bits per heavy atom. The third-order valence-corrected chi connectivity index (χ3v) is 4.14. The van der Waals surface area contributed by atoms with Crippen LogP contribution < -0.4 is 0 Å². The van der Waals surface area contributed by atoms with Gasteiger partial charge >= 0.3 is 5.97 Å². The number of rotatable bonds is 6. The average molecular weight is 255 g/mol. The molecule has 1 fully saturated rings. The lowest BCUT2D eigenvalue weighted by molar-refractivity contribution is -0.153. The van der Waals surface area contributed by atoms with Crippen LogP contribution in [0.1, 0.15) is 53.4 Å². The summed E-state index contributed by atoms with van der Waals surface area (Å²) in [5, 5.41) is 9.66. The van der Waals surface area contributed by atoms with Crippen molar-refractivity contribution in [2.75, 3.05) is 19.6 Å². The molecular formula is C15H29NO2. The quantitative estimate of drug-likeness (QED) is 0.792. The van der Waals surface area contributed by atoms with Crippen LogP contribution in [0, 0.1) is 17.3 Å². The summed E-state index contributed by atoms with van der Waals surface area (Å²) in [6.07, 6.45) is 3.94. The molecule has 0 aromatic carbocycles. The van der Waals surface area contributed by atoms with E-state index in [1.54, 1.807) is 0 Å². The van der Waals surface area contributed by atoms with Crippen LogP contribution in [0.2, 0.25) is 0 Å². The topological polar surface area (TPSA) is 40.5 Å². The molecule has 0 spiro atoms. The minimum absolute atomic E-state index is 0.497. The third kappa shape index (κ3) is 3.98. The molecule has 0 saturated heterocycles. The first-order valence-corrected chi connectivity index (χ1v) is 7.35. The zero-order chi connectivity index (χ0) is 13.8. The molecule has 2 atom stereocenters. The van der Waals surface area contributed by atoms with Gasteiger partial charge in [0.25, 0.3) is 0 Å². The second kappa shape index (κ2) is 6.55. The van der Waals surface area contributed by atoms with Gasteiger partial charge in [0.2, 0.25) is 0 Å². The largest absolute Gasteiger partial charge is 0.481 e. The summed E-state index contributed by atoms with van der Waals surface area (Å²) in [5.41, 5.74) is -0.497.